The van der Waals surface area contributed by atoms with Gasteiger partial charge in [-0.15, -0.1) is 0 Å². The maximum atomic E-state index is 12.6. The summed E-state index contributed by atoms with van der Waals surface area (Å²) < 4.78 is 38.4. The summed E-state index contributed by atoms with van der Waals surface area (Å²) in [6.07, 6.45) is -0.236. The van der Waals surface area contributed by atoms with Crippen LogP contribution in [0.4, 0.5) is 18.9 Å². The summed E-state index contributed by atoms with van der Waals surface area (Å²) in [5.74, 6) is 0.624. The summed E-state index contributed by atoms with van der Waals surface area (Å²) in [7, 11) is 0. The molecule has 0 spiro atoms. The molecule has 0 aliphatic heterocycles. The first-order chi connectivity index (χ1) is 8.88. The number of halogens is 4. The van der Waals surface area contributed by atoms with Gasteiger partial charge in [0.2, 0.25) is 0 Å². The van der Waals surface area contributed by atoms with E-state index in [0.717, 1.165) is 37.8 Å². The second-order valence-corrected chi connectivity index (χ2v) is 5.54. The first-order valence-corrected chi connectivity index (χ1v) is 6.88. The number of alkyl halides is 3. The predicted octanol–water partition coefficient (Wildman–Crippen LogP) is 4.65. The Labute approximate surface area is 118 Å². The molecule has 0 unspecified atom stereocenters. The summed E-state index contributed by atoms with van der Waals surface area (Å²) in [6, 6.07) is 3.39. The number of nitrogens with two attached hydrogens (primary N) is 1. The van der Waals surface area contributed by atoms with Crippen molar-refractivity contribution < 1.29 is 13.2 Å². The Morgan fingerprint density at radius 1 is 1.26 bits per heavy atom. The van der Waals surface area contributed by atoms with Crippen molar-refractivity contribution in [3.63, 3.8) is 0 Å². The van der Waals surface area contributed by atoms with Gasteiger partial charge in [0.1, 0.15) is 5.84 Å². The van der Waals surface area contributed by atoms with Crippen molar-refractivity contribution >= 4 is 27.5 Å². The molecule has 0 amide bonds. The Morgan fingerprint density at radius 3 is 2.47 bits per heavy atom. The minimum atomic E-state index is -4.37. The average molecular weight is 335 g/mol. The molecule has 0 saturated heterocycles. The van der Waals surface area contributed by atoms with E-state index in [0.29, 0.717) is 10.3 Å². The molecular weight excluding hydrogens is 321 g/mol. The maximum Gasteiger partial charge on any atom is 0.416 e. The first-order valence-electron chi connectivity index (χ1n) is 6.09. The molecule has 2 nitrogen and oxygen atoms in total. The van der Waals surface area contributed by atoms with Crippen LogP contribution in [0.2, 0.25) is 0 Å². The third-order valence-corrected chi connectivity index (χ3v) is 3.97. The molecule has 1 saturated carbocycles. The molecule has 2 N–H and O–H groups in total. The zero-order valence-corrected chi connectivity index (χ0v) is 11.8. The molecule has 0 radical (unpaired) electrons. The van der Waals surface area contributed by atoms with Crippen LogP contribution in [0.5, 0.6) is 0 Å². The molecule has 2 rings (SSSR count). The smallest absolute Gasteiger partial charge is 0.387 e. The van der Waals surface area contributed by atoms with Crippen LogP contribution < -0.4 is 5.73 Å². The van der Waals surface area contributed by atoms with Crippen LogP contribution in [0, 0.1) is 5.92 Å². The topological polar surface area (TPSA) is 38.4 Å². The number of nitrogens with zero attached hydrogens (tertiary/aromatic N) is 1. The number of hydrogen-bond acceptors (Lipinski definition) is 1. The molecule has 0 heterocycles. The lowest BCUT2D eigenvalue weighted by atomic mass is 10.1. The fraction of sp³-hybridized carbons (Fsp3) is 0.462. The van der Waals surface area contributed by atoms with Gasteiger partial charge in [-0.05, 0) is 47.0 Å². The average Bonchev–Trinajstić information content (AvgIpc) is 2.84. The lowest BCUT2D eigenvalue weighted by Crippen LogP contribution is -2.20. The number of rotatable bonds is 2. The van der Waals surface area contributed by atoms with Gasteiger partial charge in [0, 0.05) is 10.4 Å². The highest BCUT2D eigenvalue weighted by Crippen LogP contribution is 2.36. The van der Waals surface area contributed by atoms with E-state index < -0.39 is 11.7 Å². The van der Waals surface area contributed by atoms with Gasteiger partial charge >= 0.3 is 6.18 Å². The highest BCUT2D eigenvalue weighted by atomic mass is 79.9. The van der Waals surface area contributed by atoms with Gasteiger partial charge in [-0.25, -0.2) is 4.99 Å². The minimum absolute atomic E-state index is 0.196. The molecule has 104 valence electrons. The van der Waals surface area contributed by atoms with Gasteiger partial charge in [-0.1, -0.05) is 12.8 Å². The molecule has 1 aromatic rings. The minimum Gasteiger partial charge on any atom is -0.387 e. The monoisotopic (exact) mass is 334 g/mol. The third kappa shape index (κ3) is 3.49. The van der Waals surface area contributed by atoms with Crippen LogP contribution in [0.15, 0.2) is 27.7 Å². The van der Waals surface area contributed by atoms with E-state index in [9.17, 15) is 13.2 Å². The van der Waals surface area contributed by atoms with E-state index in [4.69, 9.17) is 5.73 Å². The quantitative estimate of drug-likeness (QED) is 0.620. The number of hydrogen-bond donors (Lipinski definition) is 1. The van der Waals surface area contributed by atoms with Gasteiger partial charge in [-0.2, -0.15) is 13.2 Å². The fourth-order valence-corrected chi connectivity index (χ4v) is 2.56. The molecule has 0 bridgehead atoms. The van der Waals surface area contributed by atoms with E-state index in [2.05, 4.69) is 20.9 Å². The van der Waals surface area contributed by atoms with Gasteiger partial charge in [0.05, 0.1) is 11.3 Å². The normalized spacial score (nSPS) is 18.0. The van der Waals surface area contributed by atoms with E-state index >= 15 is 0 Å². The van der Waals surface area contributed by atoms with Crippen molar-refractivity contribution in [2.45, 2.75) is 31.9 Å². The molecule has 6 heteroatoms. The van der Waals surface area contributed by atoms with Crippen molar-refractivity contribution in [1.82, 2.24) is 0 Å². The Morgan fingerprint density at radius 2 is 1.89 bits per heavy atom. The lowest BCUT2D eigenvalue weighted by Gasteiger charge is -2.11. The van der Waals surface area contributed by atoms with Gasteiger partial charge in [0.25, 0.3) is 0 Å². The Kier molecular flexibility index (Phi) is 4.18. The molecule has 0 atom stereocenters. The summed E-state index contributed by atoms with van der Waals surface area (Å²) in [5.41, 5.74) is 5.41. The van der Waals surface area contributed by atoms with Crippen LogP contribution in [-0.4, -0.2) is 5.84 Å². The first kappa shape index (κ1) is 14.4. The van der Waals surface area contributed by atoms with Crippen LogP contribution in [0.1, 0.15) is 31.2 Å². The van der Waals surface area contributed by atoms with Crippen LogP contribution in [0.3, 0.4) is 0 Å². The Balaban J connectivity index is 2.30. The summed E-state index contributed by atoms with van der Waals surface area (Å²) in [4.78, 5) is 4.16. The molecule has 19 heavy (non-hydrogen) atoms. The van der Waals surface area contributed by atoms with E-state index in [-0.39, 0.29) is 11.6 Å². The zero-order chi connectivity index (χ0) is 14.0. The van der Waals surface area contributed by atoms with E-state index in [1.165, 1.54) is 6.07 Å². The van der Waals surface area contributed by atoms with E-state index in [1.54, 1.807) is 0 Å². The maximum absolute atomic E-state index is 12.6. The standard InChI is InChI=1S/C13H14BrF3N2/c14-10-6-5-9(13(15,16)17)7-11(10)19-12(18)8-3-1-2-4-8/h5-8H,1-4H2,(H2,18,19). The molecule has 0 aromatic heterocycles. The highest BCUT2D eigenvalue weighted by Gasteiger charge is 2.31. The summed E-state index contributed by atoms with van der Waals surface area (Å²) >= 11 is 3.20. The van der Waals surface area contributed by atoms with Gasteiger partial charge < -0.3 is 5.73 Å². The second kappa shape index (κ2) is 5.53. The molecule has 1 aliphatic rings. The molecule has 1 fully saturated rings. The van der Waals surface area contributed by atoms with Crippen molar-refractivity contribution in [3.8, 4) is 0 Å². The van der Waals surface area contributed by atoms with Crippen molar-refractivity contribution in [2.75, 3.05) is 0 Å². The highest BCUT2D eigenvalue weighted by molar-refractivity contribution is 9.10. The molecular formula is C13H14BrF3N2. The van der Waals surface area contributed by atoms with Crippen molar-refractivity contribution in [2.24, 2.45) is 16.6 Å². The second-order valence-electron chi connectivity index (χ2n) is 4.68. The van der Waals surface area contributed by atoms with Gasteiger partial charge in [-0.3, -0.25) is 0 Å². The van der Waals surface area contributed by atoms with Gasteiger partial charge in [0.15, 0.2) is 0 Å². The Hall–Kier alpha value is -1.04. The SMILES string of the molecule is NC(=Nc1cc(C(F)(F)F)ccc1Br)C1CCCC1. The lowest BCUT2D eigenvalue weighted by molar-refractivity contribution is -0.137. The Bertz CT molecular complexity index is 491. The molecule has 1 aromatic carbocycles. The zero-order valence-electron chi connectivity index (χ0n) is 10.2. The van der Waals surface area contributed by atoms with Crippen LogP contribution in [0.25, 0.3) is 0 Å². The van der Waals surface area contributed by atoms with Crippen molar-refractivity contribution in [3.05, 3.63) is 28.2 Å². The molecule has 1 aliphatic carbocycles. The van der Waals surface area contributed by atoms with Crippen LogP contribution in [-0.2, 0) is 6.18 Å². The fourth-order valence-electron chi connectivity index (χ4n) is 2.23. The summed E-state index contributed by atoms with van der Waals surface area (Å²) in [6.45, 7) is 0. The predicted molar refractivity (Wildman–Crippen MR) is 72.4 cm³/mol. The van der Waals surface area contributed by atoms with Crippen LogP contribution >= 0.6 is 15.9 Å². The number of benzene rings is 1. The third-order valence-electron chi connectivity index (χ3n) is 3.30. The van der Waals surface area contributed by atoms with Crippen molar-refractivity contribution in [1.29, 1.82) is 0 Å². The number of aliphatic imine (C=N–C) groups is 1. The number of amidine groups is 1. The largest absolute Gasteiger partial charge is 0.416 e. The van der Waals surface area contributed by atoms with E-state index in [1.807, 2.05) is 0 Å². The summed E-state index contributed by atoms with van der Waals surface area (Å²) in [5, 5.41) is 0.